The minimum absolute atomic E-state index is 0.0305. The van der Waals surface area contributed by atoms with Gasteiger partial charge in [0.15, 0.2) is 11.5 Å². The molecule has 1 aliphatic carbocycles. The highest BCUT2D eigenvalue weighted by atomic mass is 35.5. The van der Waals surface area contributed by atoms with Crippen LogP contribution in [0.5, 0.6) is 11.5 Å². The first-order valence-electron chi connectivity index (χ1n) is 14.4. The number of carbonyl (C=O) groups excluding carboxylic acids is 2. The van der Waals surface area contributed by atoms with Crippen LogP contribution >= 0.6 is 11.6 Å². The first kappa shape index (κ1) is 30.7. The van der Waals surface area contributed by atoms with Crippen molar-refractivity contribution >= 4 is 39.1 Å². The number of anilines is 1. The molecule has 1 heterocycles. The summed E-state index contributed by atoms with van der Waals surface area (Å²) < 4.78 is 37.9. The van der Waals surface area contributed by atoms with Gasteiger partial charge in [-0.3, -0.25) is 13.9 Å². The summed E-state index contributed by atoms with van der Waals surface area (Å²) in [5.74, 6) is 0.116. The molecule has 43 heavy (non-hydrogen) atoms. The van der Waals surface area contributed by atoms with Gasteiger partial charge in [-0.1, -0.05) is 73.3 Å². The quantitative estimate of drug-likeness (QED) is 0.324. The van der Waals surface area contributed by atoms with Crippen molar-refractivity contribution in [3.8, 4) is 11.5 Å². The zero-order valence-electron chi connectivity index (χ0n) is 24.1. The minimum Gasteiger partial charge on any atom is -0.454 e. The Hall–Kier alpha value is -3.76. The van der Waals surface area contributed by atoms with E-state index in [0.29, 0.717) is 16.5 Å². The summed E-state index contributed by atoms with van der Waals surface area (Å²) in [6, 6.07) is 20.4. The maximum absolute atomic E-state index is 14.3. The van der Waals surface area contributed by atoms with Crippen LogP contribution in [-0.2, 0) is 32.6 Å². The van der Waals surface area contributed by atoms with Crippen molar-refractivity contribution in [2.45, 2.75) is 57.2 Å². The van der Waals surface area contributed by atoms with Crippen LogP contribution in [0.25, 0.3) is 0 Å². The van der Waals surface area contributed by atoms with E-state index >= 15 is 0 Å². The number of amides is 2. The molecule has 1 N–H and O–H groups in total. The topological polar surface area (TPSA) is 105 Å². The number of rotatable bonds is 11. The van der Waals surface area contributed by atoms with Crippen molar-refractivity contribution in [1.82, 2.24) is 10.2 Å². The zero-order valence-corrected chi connectivity index (χ0v) is 25.6. The summed E-state index contributed by atoms with van der Waals surface area (Å²) in [5, 5.41) is 3.74. The molecule has 1 atom stereocenters. The van der Waals surface area contributed by atoms with Crippen LogP contribution in [0.3, 0.4) is 0 Å². The SMILES string of the molecule is CS(=O)(=O)N(CC(=O)N(Cc1ccc(Cl)cc1)C(Cc1ccccc1)C(=O)NC1CCCCC1)c1ccc2c(c1)OCO2. The van der Waals surface area contributed by atoms with Crippen LogP contribution in [0, 0.1) is 0 Å². The molecular formula is C32H36ClN3O6S. The van der Waals surface area contributed by atoms with E-state index in [9.17, 15) is 18.0 Å². The minimum atomic E-state index is -3.90. The molecule has 228 valence electrons. The van der Waals surface area contributed by atoms with Gasteiger partial charge in [-0.2, -0.15) is 0 Å². The van der Waals surface area contributed by atoms with E-state index in [2.05, 4.69) is 5.32 Å². The number of hydrogen-bond donors (Lipinski definition) is 1. The van der Waals surface area contributed by atoms with Crippen molar-refractivity contribution in [3.05, 3.63) is 88.9 Å². The number of nitrogens with one attached hydrogen (secondary N) is 1. The van der Waals surface area contributed by atoms with Crippen LogP contribution < -0.4 is 19.1 Å². The number of fused-ring (bicyclic) bond motifs is 1. The van der Waals surface area contributed by atoms with Crippen molar-refractivity contribution in [2.75, 3.05) is 23.9 Å². The molecule has 1 fully saturated rings. The van der Waals surface area contributed by atoms with E-state index < -0.39 is 28.5 Å². The lowest BCUT2D eigenvalue weighted by molar-refractivity contribution is -0.140. The molecule has 1 saturated carbocycles. The Morgan fingerprint density at radius 3 is 2.33 bits per heavy atom. The molecular weight excluding hydrogens is 590 g/mol. The van der Waals surface area contributed by atoms with Crippen molar-refractivity contribution in [3.63, 3.8) is 0 Å². The summed E-state index contributed by atoms with van der Waals surface area (Å²) in [6.45, 7) is -0.388. The van der Waals surface area contributed by atoms with Gasteiger partial charge in [0.05, 0.1) is 11.9 Å². The lowest BCUT2D eigenvalue weighted by Crippen LogP contribution is -2.55. The first-order valence-corrected chi connectivity index (χ1v) is 16.7. The Kier molecular flexibility index (Phi) is 9.77. The molecule has 0 radical (unpaired) electrons. The number of halogens is 1. The average Bonchev–Trinajstić information content (AvgIpc) is 3.47. The molecule has 5 rings (SSSR count). The second-order valence-electron chi connectivity index (χ2n) is 11.0. The van der Waals surface area contributed by atoms with Gasteiger partial charge in [0, 0.05) is 30.1 Å². The molecule has 0 spiro atoms. The Labute approximate surface area is 257 Å². The fourth-order valence-electron chi connectivity index (χ4n) is 5.54. The molecule has 9 nitrogen and oxygen atoms in total. The zero-order chi connectivity index (χ0) is 30.4. The van der Waals surface area contributed by atoms with Gasteiger partial charge in [0.2, 0.25) is 28.6 Å². The molecule has 1 aliphatic heterocycles. The number of sulfonamides is 1. The smallest absolute Gasteiger partial charge is 0.244 e. The molecule has 3 aromatic rings. The monoisotopic (exact) mass is 625 g/mol. The summed E-state index contributed by atoms with van der Waals surface area (Å²) in [4.78, 5) is 29.7. The van der Waals surface area contributed by atoms with Gasteiger partial charge in [0.1, 0.15) is 12.6 Å². The Morgan fingerprint density at radius 2 is 1.63 bits per heavy atom. The fraction of sp³-hybridized carbons (Fsp3) is 0.375. The number of hydrogen-bond acceptors (Lipinski definition) is 6. The van der Waals surface area contributed by atoms with E-state index in [0.717, 1.165) is 53.8 Å². The number of nitrogens with zero attached hydrogens (tertiary/aromatic N) is 2. The van der Waals surface area contributed by atoms with E-state index in [-0.39, 0.29) is 37.4 Å². The van der Waals surface area contributed by atoms with Crippen LogP contribution in [0.1, 0.15) is 43.2 Å². The highest BCUT2D eigenvalue weighted by Crippen LogP contribution is 2.36. The lowest BCUT2D eigenvalue weighted by atomic mass is 9.94. The van der Waals surface area contributed by atoms with E-state index in [4.69, 9.17) is 21.1 Å². The fourth-order valence-corrected chi connectivity index (χ4v) is 6.51. The maximum Gasteiger partial charge on any atom is 0.244 e. The lowest BCUT2D eigenvalue weighted by Gasteiger charge is -2.35. The van der Waals surface area contributed by atoms with Gasteiger partial charge in [0.25, 0.3) is 0 Å². The normalized spacial score (nSPS) is 15.5. The summed E-state index contributed by atoms with van der Waals surface area (Å²) in [5.41, 5.74) is 1.91. The standard InChI is InChI=1S/C32H36ClN3O6S/c1-43(39,40)36(27-16-17-29-30(19-27)42-22-41-29)21-31(37)35(20-24-12-14-25(33)15-13-24)28(18-23-8-4-2-5-9-23)32(38)34-26-10-6-3-7-11-26/h2,4-5,8-9,12-17,19,26,28H,3,6-7,10-11,18,20-22H2,1H3,(H,34,38). The molecule has 0 saturated heterocycles. The van der Waals surface area contributed by atoms with Crippen molar-refractivity contribution in [2.24, 2.45) is 0 Å². The van der Waals surface area contributed by atoms with E-state index in [1.165, 1.54) is 11.0 Å². The molecule has 0 bridgehead atoms. The van der Waals surface area contributed by atoms with Crippen LogP contribution in [0.15, 0.2) is 72.8 Å². The largest absolute Gasteiger partial charge is 0.454 e. The average molecular weight is 626 g/mol. The third-order valence-electron chi connectivity index (χ3n) is 7.81. The van der Waals surface area contributed by atoms with Crippen molar-refractivity contribution in [1.29, 1.82) is 0 Å². The Morgan fingerprint density at radius 1 is 0.930 bits per heavy atom. The number of carbonyl (C=O) groups is 2. The van der Waals surface area contributed by atoms with Crippen LogP contribution in [0.2, 0.25) is 5.02 Å². The summed E-state index contributed by atoms with van der Waals surface area (Å²) in [7, 11) is -3.90. The number of ether oxygens (including phenoxy) is 2. The van der Waals surface area contributed by atoms with Crippen LogP contribution in [0.4, 0.5) is 5.69 Å². The Bertz CT molecular complexity index is 1530. The maximum atomic E-state index is 14.3. The molecule has 0 aromatic heterocycles. The van der Waals surface area contributed by atoms with Gasteiger partial charge in [-0.05, 0) is 48.2 Å². The van der Waals surface area contributed by atoms with E-state index in [1.54, 1.807) is 36.4 Å². The predicted octanol–water partition coefficient (Wildman–Crippen LogP) is 4.92. The second kappa shape index (κ2) is 13.7. The van der Waals surface area contributed by atoms with Crippen molar-refractivity contribution < 1.29 is 27.5 Å². The van der Waals surface area contributed by atoms with Gasteiger partial charge < -0.3 is 19.7 Å². The second-order valence-corrected chi connectivity index (χ2v) is 13.3. The first-order chi connectivity index (χ1) is 20.7. The molecule has 11 heteroatoms. The Balaban J connectivity index is 1.49. The third-order valence-corrected chi connectivity index (χ3v) is 9.20. The van der Waals surface area contributed by atoms with Gasteiger partial charge in [-0.25, -0.2) is 8.42 Å². The molecule has 2 aliphatic rings. The van der Waals surface area contributed by atoms with E-state index in [1.807, 2.05) is 30.3 Å². The van der Waals surface area contributed by atoms with Gasteiger partial charge in [-0.15, -0.1) is 0 Å². The summed E-state index contributed by atoms with van der Waals surface area (Å²) >= 11 is 6.13. The predicted molar refractivity (Wildman–Crippen MR) is 166 cm³/mol. The molecule has 3 aromatic carbocycles. The molecule has 1 unspecified atom stereocenters. The third kappa shape index (κ3) is 8.00. The van der Waals surface area contributed by atoms with Gasteiger partial charge >= 0.3 is 0 Å². The highest BCUT2D eigenvalue weighted by molar-refractivity contribution is 7.92. The molecule has 2 amide bonds. The number of benzene rings is 3. The summed E-state index contributed by atoms with van der Waals surface area (Å²) in [6.07, 6.45) is 6.32. The van der Waals surface area contributed by atoms with Crippen LogP contribution in [-0.4, -0.2) is 56.8 Å². The highest BCUT2D eigenvalue weighted by Gasteiger charge is 2.34.